The maximum absolute atomic E-state index is 14.2. The average molecular weight is 610 g/mol. The van der Waals surface area contributed by atoms with Gasteiger partial charge < -0.3 is 19.7 Å². The van der Waals surface area contributed by atoms with Crippen molar-refractivity contribution in [3.63, 3.8) is 0 Å². The standard InChI is InChI=1S/C33H43N3O6S/c1-23-18-24(2)20-27(19-23)36(43(39,40)28-14-15-29(41-7)30(21-28)42-8)22-31(37)35(17-16-26-12-10-9-11-13-26)25(3)32(38)34-33(4,5)6/h9-15,18-21,25H,16-17,22H2,1-8H3,(H,34,38)/t25-/m1/s1. The number of nitrogens with zero attached hydrogens (tertiary/aromatic N) is 2. The summed E-state index contributed by atoms with van der Waals surface area (Å²) >= 11 is 0. The Kier molecular flexibility index (Phi) is 10.9. The maximum atomic E-state index is 14.2. The van der Waals surface area contributed by atoms with Crippen molar-refractivity contribution in [2.24, 2.45) is 0 Å². The molecule has 232 valence electrons. The number of nitrogens with one attached hydrogen (secondary N) is 1. The summed E-state index contributed by atoms with van der Waals surface area (Å²) in [5.41, 5.74) is 2.51. The van der Waals surface area contributed by atoms with Crippen LogP contribution in [0.3, 0.4) is 0 Å². The minimum atomic E-state index is -4.27. The van der Waals surface area contributed by atoms with Crippen molar-refractivity contribution >= 4 is 27.5 Å². The molecule has 3 aromatic carbocycles. The van der Waals surface area contributed by atoms with Crippen LogP contribution in [0, 0.1) is 13.8 Å². The molecule has 2 amide bonds. The fourth-order valence-corrected chi connectivity index (χ4v) is 6.19. The number of hydrogen-bond acceptors (Lipinski definition) is 6. The molecule has 3 rings (SSSR count). The number of aryl methyl sites for hydroxylation is 2. The maximum Gasteiger partial charge on any atom is 0.264 e. The fourth-order valence-electron chi connectivity index (χ4n) is 4.77. The zero-order valence-corrected chi connectivity index (χ0v) is 27.1. The Morgan fingerprint density at radius 3 is 2.05 bits per heavy atom. The summed E-state index contributed by atoms with van der Waals surface area (Å²) in [7, 11) is -1.38. The first-order valence-electron chi connectivity index (χ1n) is 14.1. The van der Waals surface area contributed by atoms with Gasteiger partial charge in [0.1, 0.15) is 12.6 Å². The van der Waals surface area contributed by atoms with Gasteiger partial charge in [0.05, 0.1) is 24.8 Å². The third kappa shape index (κ3) is 8.73. The molecule has 0 radical (unpaired) electrons. The monoisotopic (exact) mass is 609 g/mol. The van der Waals surface area contributed by atoms with Gasteiger partial charge in [-0.05, 0) is 88.9 Å². The quantitative estimate of drug-likeness (QED) is 0.314. The van der Waals surface area contributed by atoms with Gasteiger partial charge in [-0.3, -0.25) is 13.9 Å². The third-order valence-electron chi connectivity index (χ3n) is 6.87. The molecule has 0 aromatic heterocycles. The molecule has 0 aliphatic rings. The highest BCUT2D eigenvalue weighted by molar-refractivity contribution is 7.92. The predicted octanol–water partition coefficient (Wildman–Crippen LogP) is 4.89. The van der Waals surface area contributed by atoms with Crippen LogP contribution < -0.4 is 19.1 Å². The van der Waals surface area contributed by atoms with Crippen LogP contribution in [0.15, 0.2) is 71.6 Å². The fraction of sp³-hybridized carbons (Fsp3) is 0.394. The first-order chi connectivity index (χ1) is 20.2. The SMILES string of the molecule is COc1ccc(S(=O)(=O)N(CC(=O)N(CCc2ccccc2)[C@H](C)C(=O)NC(C)(C)C)c2cc(C)cc(C)c2)cc1OC. The van der Waals surface area contributed by atoms with E-state index in [0.717, 1.165) is 21.0 Å². The smallest absolute Gasteiger partial charge is 0.264 e. The van der Waals surface area contributed by atoms with Crippen molar-refractivity contribution in [2.45, 2.75) is 64.4 Å². The van der Waals surface area contributed by atoms with E-state index in [1.165, 1.54) is 37.3 Å². The van der Waals surface area contributed by atoms with Gasteiger partial charge >= 0.3 is 0 Å². The summed E-state index contributed by atoms with van der Waals surface area (Å²) in [5.74, 6) is -0.209. The van der Waals surface area contributed by atoms with Gasteiger partial charge in [-0.15, -0.1) is 0 Å². The molecule has 0 fully saturated rings. The Balaban J connectivity index is 2.07. The molecule has 3 aromatic rings. The van der Waals surface area contributed by atoms with Crippen molar-refractivity contribution < 1.29 is 27.5 Å². The molecular formula is C33H43N3O6S. The number of benzene rings is 3. The minimum absolute atomic E-state index is 0.0635. The Morgan fingerprint density at radius 2 is 1.49 bits per heavy atom. The van der Waals surface area contributed by atoms with E-state index in [1.54, 1.807) is 19.1 Å². The number of amides is 2. The second-order valence-corrected chi connectivity index (χ2v) is 13.5. The number of ether oxygens (including phenoxy) is 2. The lowest BCUT2D eigenvalue weighted by molar-refractivity contribution is -0.139. The minimum Gasteiger partial charge on any atom is -0.493 e. The molecule has 0 bridgehead atoms. The van der Waals surface area contributed by atoms with Crippen LogP contribution in [0.4, 0.5) is 5.69 Å². The molecule has 1 N–H and O–H groups in total. The summed E-state index contributed by atoms with van der Waals surface area (Å²) in [6, 6.07) is 18.5. The topological polar surface area (TPSA) is 105 Å². The van der Waals surface area contributed by atoms with E-state index >= 15 is 0 Å². The number of methoxy groups -OCH3 is 2. The van der Waals surface area contributed by atoms with Crippen LogP contribution >= 0.6 is 0 Å². The van der Waals surface area contributed by atoms with Crippen LogP contribution in [-0.4, -0.2) is 64.0 Å². The third-order valence-corrected chi connectivity index (χ3v) is 8.64. The van der Waals surface area contributed by atoms with Crippen molar-refractivity contribution in [1.29, 1.82) is 0 Å². The normalized spacial score (nSPS) is 12.3. The van der Waals surface area contributed by atoms with Crippen molar-refractivity contribution in [3.8, 4) is 11.5 Å². The van der Waals surface area contributed by atoms with E-state index in [2.05, 4.69) is 5.32 Å². The Hall–Kier alpha value is -4.05. The summed E-state index contributed by atoms with van der Waals surface area (Å²) < 4.78 is 40.2. The van der Waals surface area contributed by atoms with Gasteiger partial charge in [-0.2, -0.15) is 0 Å². The second kappa shape index (κ2) is 13.9. The van der Waals surface area contributed by atoms with Crippen LogP contribution in [0.5, 0.6) is 11.5 Å². The molecule has 0 aliphatic carbocycles. The predicted molar refractivity (Wildman–Crippen MR) is 169 cm³/mol. The van der Waals surface area contributed by atoms with Crippen LogP contribution in [0.1, 0.15) is 44.4 Å². The summed E-state index contributed by atoms with van der Waals surface area (Å²) in [5, 5.41) is 2.94. The highest BCUT2D eigenvalue weighted by atomic mass is 32.2. The molecule has 0 saturated heterocycles. The van der Waals surface area contributed by atoms with E-state index < -0.39 is 34.1 Å². The number of hydrogen-bond donors (Lipinski definition) is 1. The largest absolute Gasteiger partial charge is 0.493 e. The lowest BCUT2D eigenvalue weighted by Crippen LogP contribution is -2.55. The number of anilines is 1. The molecule has 0 saturated carbocycles. The molecule has 0 aliphatic heterocycles. The van der Waals surface area contributed by atoms with Crippen LogP contribution in [0.25, 0.3) is 0 Å². The van der Waals surface area contributed by atoms with Crippen molar-refractivity contribution in [2.75, 3.05) is 31.6 Å². The first-order valence-corrected chi connectivity index (χ1v) is 15.6. The average Bonchev–Trinajstić information content (AvgIpc) is 2.94. The Bertz CT molecular complexity index is 1510. The second-order valence-electron chi connectivity index (χ2n) is 11.6. The van der Waals surface area contributed by atoms with Crippen LogP contribution in [0.2, 0.25) is 0 Å². The van der Waals surface area contributed by atoms with Gasteiger partial charge in [0.15, 0.2) is 11.5 Å². The van der Waals surface area contributed by atoms with E-state index in [0.29, 0.717) is 17.9 Å². The van der Waals surface area contributed by atoms with Gasteiger partial charge in [-0.25, -0.2) is 8.42 Å². The number of carbonyl (C=O) groups is 2. The molecule has 10 heteroatoms. The van der Waals surface area contributed by atoms with Gasteiger partial charge in [-0.1, -0.05) is 36.4 Å². The number of carbonyl (C=O) groups excluding carboxylic acids is 2. The van der Waals surface area contributed by atoms with Crippen LogP contribution in [-0.2, 0) is 26.0 Å². The van der Waals surface area contributed by atoms with Crippen molar-refractivity contribution in [1.82, 2.24) is 10.2 Å². The first kappa shape index (κ1) is 33.5. The molecule has 0 unspecified atom stereocenters. The summed E-state index contributed by atoms with van der Waals surface area (Å²) in [6.07, 6.45) is 0.492. The molecule has 0 heterocycles. The molecule has 0 spiro atoms. The molecule has 1 atom stereocenters. The van der Waals surface area contributed by atoms with Gasteiger partial charge in [0.2, 0.25) is 11.8 Å². The zero-order valence-electron chi connectivity index (χ0n) is 26.3. The molecular weight excluding hydrogens is 566 g/mol. The van der Waals surface area contributed by atoms with Gasteiger partial charge in [0.25, 0.3) is 10.0 Å². The summed E-state index contributed by atoms with van der Waals surface area (Å²) in [4.78, 5) is 28.8. The van der Waals surface area contributed by atoms with E-state index in [4.69, 9.17) is 9.47 Å². The summed E-state index contributed by atoms with van der Waals surface area (Å²) in [6.45, 7) is 10.7. The molecule has 43 heavy (non-hydrogen) atoms. The zero-order chi connectivity index (χ0) is 31.9. The van der Waals surface area contributed by atoms with Gasteiger partial charge in [0, 0.05) is 18.2 Å². The van der Waals surface area contributed by atoms with E-state index in [-0.39, 0.29) is 23.1 Å². The lowest BCUT2D eigenvalue weighted by Gasteiger charge is -2.33. The van der Waals surface area contributed by atoms with Crippen molar-refractivity contribution in [3.05, 3.63) is 83.4 Å². The van der Waals surface area contributed by atoms with E-state index in [1.807, 2.05) is 71.0 Å². The number of rotatable bonds is 12. The highest BCUT2D eigenvalue weighted by Gasteiger charge is 2.33. The number of sulfonamides is 1. The molecule has 9 nitrogen and oxygen atoms in total. The highest BCUT2D eigenvalue weighted by Crippen LogP contribution is 2.33. The lowest BCUT2D eigenvalue weighted by atomic mass is 10.1. The van der Waals surface area contributed by atoms with E-state index in [9.17, 15) is 18.0 Å². The Morgan fingerprint density at radius 1 is 0.884 bits per heavy atom. The Labute approximate surface area is 255 Å².